The van der Waals surface area contributed by atoms with E-state index in [0.29, 0.717) is 5.92 Å². The Balaban J connectivity index is 0.000000167. The second-order valence-electron chi connectivity index (χ2n) is 17.1. The fraction of sp³-hybridized carbons (Fsp3) is 0.927. The van der Waals surface area contributed by atoms with E-state index < -0.39 is 11.6 Å². The van der Waals surface area contributed by atoms with Crippen LogP contribution < -0.4 is 0 Å². The van der Waals surface area contributed by atoms with Crippen molar-refractivity contribution in [1.82, 2.24) is 0 Å². The second kappa shape index (κ2) is 17.4. The molecule has 0 radical (unpaired) electrons. The van der Waals surface area contributed by atoms with Crippen LogP contribution in [0.5, 0.6) is 0 Å². The summed E-state index contributed by atoms with van der Waals surface area (Å²) in [6.45, 7) is 6.31. The second-order valence-corrected chi connectivity index (χ2v) is 17.1. The molecular weight excluding hydrogens is 700 g/mol. The van der Waals surface area contributed by atoms with Crippen LogP contribution in [0, 0.1) is 11.8 Å². The molecule has 2 spiro atoms. The molecule has 0 aromatic rings. The molecule has 8 rings (SSSR count). The summed E-state index contributed by atoms with van der Waals surface area (Å²) in [5, 5.41) is 0. The molecule has 6 heterocycles. The lowest BCUT2D eigenvalue weighted by Gasteiger charge is -2.47. The number of methoxy groups -OCH3 is 2. The monoisotopic (exact) mass is 764 g/mol. The molecule has 0 amide bonds. The van der Waals surface area contributed by atoms with Gasteiger partial charge in [0.2, 0.25) is 0 Å². The Morgan fingerprint density at radius 3 is 1.46 bits per heavy atom. The predicted molar refractivity (Wildman–Crippen MR) is 192 cm³/mol. The molecule has 54 heavy (non-hydrogen) atoms. The molecule has 0 aromatic carbocycles. The summed E-state index contributed by atoms with van der Waals surface area (Å²) in [7, 11) is 2.81. The average molecular weight is 765 g/mol. The van der Waals surface area contributed by atoms with Gasteiger partial charge in [0.15, 0.2) is 11.6 Å². The lowest BCUT2D eigenvalue weighted by atomic mass is 9.84. The van der Waals surface area contributed by atoms with Crippen molar-refractivity contribution in [2.24, 2.45) is 11.8 Å². The number of hydrogen-bond acceptors (Lipinski definition) is 13. The molecule has 0 aromatic heterocycles. The van der Waals surface area contributed by atoms with E-state index >= 15 is 0 Å². The van der Waals surface area contributed by atoms with E-state index in [4.69, 9.17) is 47.4 Å². The van der Waals surface area contributed by atoms with E-state index in [1.54, 1.807) is 0 Å². The summed E-state index contributed by atoms with van der Waals surface area (Å²) in [6.07, 6.45) is 14.3. The molecular formula is C41H64O13. The molecule has 2 saturated carbocycles. The zero-order chi connectivity index (χ0) is 38.0. The van der Waals surface area contributed by atoms with E-state index in [-0.39, 0.29) is 104 Å². The predicted octanol–water partition coefficient (Wildman–Crippen LogP) is 5.50. The maximum atomic E-state index is 11.7. The molecule has 0 N–H and O–H groups in total. The van der Waals surface area contributed by atoms with Gasteiger partial charge >= 0.3 is 11.9 Å². The van der Waals surface area contributed by atoms with Gasteiger partial charge in [-0.25, -0.2) is 0 Å². The zero-order valence-corrected chi connectivity index (χ0v) is 33.0. The fourth-order valence-corrected chi connectivity index (χ4v) is 10.2. The Morgan fingerprint density at radius 1 is 0.611 bits per heavy atom. The number of rotatable bonds is 8. The Morgan fingerprint density at radius 2 is 1.04 bits per heavy atom. The quantitative estimate of drug-likeness (QED) is 0.227. The van der Waals surface area contributed by atoms with Crippen molar-refractivity contribution < 1.29 is 61.8 Å². The van der Waals surface area contributed by atoms with Crippen molar-refractivity contribution in [1.29, 1.82) is 0 Å². The Labute approximate surface area is 320 Å². The topological polar surface area (TPSA) is 144 Å². The van der Waals surface area contributed by atoms with Crippen LogP contribution >= 0.6 is 0 Å². The number of aldehydes is 1. The van der Waals surface area contributed by atoms with E-state index in [1.165, 1.54) is 27.1 Å². The van der Waals surface area contributed by atoms with Crippen LogP contribution in [-0.2, 0) is 61.8 Å². The molecule has 6 saturated heterocycles. The first-order valence-corrected chi connectivity index (χ1v) is 21.0. The lowest BCUT2D eigenvalue weighted by molar-refractivity contribution is -0.247. The van der Waals surface area contributed by atoms with Gasteiger partial charge in [0.05, 0.1) is 63.7 Å². The fourth-order valence-electron chi connectivity index (χ4n) is 10.2. The van der Waals surface area contributed by atoms with Crippen LogP contribution in [-0.4, -0.2) is 117 Å². The Kier molecular flexibility index (Phi) is 13.1. The smallest absolute Gasteiger partial charge is 0.308 e. The third kappa shape index (κ3) is 8.44. The van der Waals surface area contributed by atoms with Gasteiger partial charge in [0.1, 0.15) is 42.9 Å². The maximum absolute atomic E-state index is 11.7. The van der Waals surface area contributed by atoms with Crippen molar-refractivity contribution in [2.75, 3.05) is 14.2 Å². The number of fused-ring (bicyclic) bond motifs is 6. The largest absolute Gasteiger partial charge is 0.469 e. The highest BCUT2D eigenvalue weighted by atomic mass is 16.8. The van der Waals surface area contributed by atoms with Gasteiger partial charge in [-0.15, -0.1) is 0 Å². The Bertz CT molecular complexity index is 1280. The van der Waals surface area contributed by atoms with Gasteiger partial charge in [-0.05, 0) is 57.3 Å². The Hall–Kier alpha value is -1.71. The highest BCUT2D eigenvalue weighted by Crippen LogP contribution is 2.50. The molecule has 2 unspecified atom stereocenters. The number of esters is 2. The molecule has 8 fully saturated rings. The molecule has 2 aliphatic carbocycles. The third-order valence-electron chi connectivity index (χ3n) is 13.4. The van der Waals surface area contributed by atoms with Crippen molar-refractivity contribution in [3.05, 3.63) is 0 Å². The third-order valence-corrected chi connectivity index (χ3v) is 13.4. The van der Waals surface area contributed by atoms with Crippen LogP contribution in [0.3, 0.4) is 0 Å². The summed E-state index contributed by atoms with van der Waals surface area (Å²) in [6, 6.07) is 0. The molecule has 306 valence electrons. The summed E-state index contributed by atoms with van der Waals surface area (Å²) >= 11 is 0. The minimum Gasteiger partial charge on any atom is -0.469 e. The molecule has 0 bridgehead atoms. The van der Waals surface area contributed by atoms with Gasteiger partial charge < -0.3 is 52.2 Å². The average Bonchev–Trinajstić information content (AvgIpc) is 3.75. The SMILES string of the molecule is CC[C@@H](C)[C@@H]1O[C@H]2CC[C@H](CC(=O)OC)O[C@@H]2[C@@H]2OC3(CCCCC3)OC21.COC(=O)C[C@H]1CC[C@@H]2O[C@@H]([C@H](C)C=O)C3OC4(CCCCC4)O[C@H]3[C@H]2O1. The summed E-state index contributed by atoms with van der Waals surface area (Å²) in [5.74, 6) is -1.40. The number of carbonyl (C=O) groups is 3. The normalized spacial score (nSPS) is 41.5. The highest BCUT2D eigenvalue weighted by Gasteiger charge is 2.61. The zero-order valence-electron chi connectivity index (χ0n) is 33.0. The van der Waals surface area contributed by atoms with Crippen LogP contribution in [0.4, 0.5) is 0 Å². The standard InChI is InChI=1S/C21H34O6.C20H30O7/c1-4-13(2)17-19-20(27-21(26-19)10-6-5-7-11-21)18-15(25-17)9-8-14(24-18)12-16(22)23-3;1-12(11-21)16-18-19(27-20(26-18)8-4-3-5-9-20)17-14(25-16)7-6-13(24-17)10-15(22)23-2/h13-15,17-20H,4-12H2,1-3H3;11-14,16-19H,3-10H2,1-2H3/t13-,14-,15+,17+,18+,19?,20+;12-,13-,14+,16+,17+,18?,19+/m11/s1. The summed E-state index contributed by atoms with van der Waals surface area (Å²) < 4.78 is 61.2. The highest BCUT2D eigenvalue weighted by molar-refractivity contribution is 5.70. The molecule has 13 nitrogen and oxygen atoms in total. The van der Waals surface area contributed by atoms with Crippen molar-refractivity contribution >= 4 is 18.2 Å². The van der Waals surface area contributed by atoms with Gasteiger partial charge in [0.25, 0.3) is 0 Å². The van der Waals surface area contributed by atoms with Crippen molar-refractivity contribution in [3.8, 4) is 0 Å². The molecule has 13 heteroatoms. The lowest BCUT2D eigenvalue weighted by Crippen LogP contribution is -2.61. The van der Waals surface area contributed by atoms with E-state index in [2.05, 4.69) is 13.8 Å². The first-order chi connectivity index (χ1) is 26.1. The first-order valence-electron chi connectivity index (χ1n) is 21.0. The van der Waals surface area contributed by atoms with Crippen molar-refractivity contribution in [3.63, 3.8) is 0 Å². The first kappa shape index (κ1) is 40.5. The van der Waals surface area contributed by atoms with Gasteiger partial charge in [-0.2, -0.15) is 0 Å². The van der Waals surface area contributed by atoms with Crippen LogP contribution in [0.15, 0.2) is 0 Å². The van der Waals surface area contributed by atoms with Crippen molar-refractivity contribution in [2.45, 2.75) is 215 Å². The van der Waals surface area contributed by atoms with Gasteiger partial charge in [0, 0.05) is 31.6 Å². The molecule has 8 aliphatic rings. The van der Waals surface area contributed by atoms with Crippen LogP contribution in [0.25, 0.3) is 0 Å². The summed E-state index contributed by atoms with van der Waals surface area (Å²) in [5.41, 5.74) is 0. The van der Waals surface area contributed by atoms with E-state index in [9.17, 15) is 14.4 Å². The van der Waals surface area contributed by atoms with E-state index in [0.717, 1.165) is 89.8 Å². The van der Waals surface area contributed by atoms with Gasteiger partial charge in [-0.3, -0.25) is 9.59 Å². The number of hydrogen-bond donors (Lipinski definition) is 0. The van der Waals surface area contributed by atoms with E-state index in [1.807, 2.05) is 6.92 Å². The summed E-state index contributed by atoms with van der Waals surface area (Å²) in [4.78, 5) is 34.8. The number of ether oxygens (including phenoxy) is 10. The van der Waals surface area contributed by atoms with Gasteiger partial charge in [-0.1, -0.05) is 40.0 Å². The minimum absolute atomic E-state index is 0.0153. The molecule has 6 aliphatic heterocycles. The molecule has 14 atom stereocenters. The maximum Gasteiger partial charge on any atom is 0.308 e. The number of carbonyl (C=O) groups excluding carboxylic acids is 3. The minimum atomic E-state index is -0.578. The van der Waals surface area contributed by atoms with Crippen LogP contribution in [0.2, 0.25) is 0 Å². The van der Waals surface area contributed by atoms with Crippen LogP contribution in [0.1, 0.15) is 130 Å².